The number of hydrogen-bond donors (Lipinski definition) is 1. The SMILES string of the molecule is COc1cccc(-n2c(C)cc(C(=O)NC(CN3CCN(C)CC3)c3ccccc3)c2C)c1. The van der Waals surface area contributed by atoms with E-state index in [4.69, 9.17) is 4.74 Å². The van der Waals surface area contributed by atoms with Crippen LogP contribution in [0.25, 0.3) is 5.69 Å². The van der Waals surface area contributed by atoms with Crippen molar-refractivity contribution in [1.29, 1.82) is 0 Å². The van der Waals surface area contributed by atoms with Crippen LogP contribution in [0.2, 0.25) is 0 Å². The Balaban J connectivity index is 1.58. The number of methoxy groups -OCH3 is 1. The zero-order valence-corrected chi connectivity index (χ0v) is 20.0. The molecule has 1 unspecified atom stereocenters. The lowest BCUT2D eigenvalue weighted by molar-refractivity contribution is 0.0906. The molecule has 6 nitrogen and oxygen atoms in total. The molecular formula is C27H34N4O2. The van der Waals surface area contributed by atoms with Crippen molar-refractivity contribution < 1.29 is 9.53 Å². The third-order valence-corrected chi connectivity index (χ3v) is 6.53. The van der Waals surface area contributed by atoms with E-state index >= 15 is 0 Å². The highest BCUT2D eigenvalue weighted by Crippen LogP contribution is 2.25. The van der Waals surface area contributed by atoms with Crippen LogP contribution in [0.1, 0.15) is 33.4 Å². The van der Waals surface area contributed by atoms with Gasteiger partial charge in [0.15, 0.2) is 0 Å². The highest BCUT2D eigenvalue weighted by Gasteiger charge is 2.24. The van der Waals surface area contributed by atoms with Gasteiger partial charge in [0.1, 0.15) is 5.75 Å². The summed E-state index contributed by atoms with van der Waals surface area (Å²) >= 11 is 0. The van der Waals surface area contributed by atoms with Gasteiger partial charge < -0.3 is 19.5 Å². The summed E-state index contributed by atoms with van der Waals surface area (Å²) < 4.78 is 7.50. The van der Waals surface area contributed by atoms with Gasteiger partial charge in [0, 0.05) is 55.9 Å². The minimum absolute atomic E-state index is 0.0415. The van der Waals surface area contributed by atoms with Gasteiger partial charge in [-0.1, -0.05) is 36.4 Å². The maximum absolute atomic E-state index is 13.5. The Hall–Kier alpha value is -3.09. The molecule has 0 radical (unpaired) electrons. The zero-order valence-electron chi connectivity index (χ0n) is 20.0. The number of nitrogens with zero attached hydrogens (tertiary/aromatic N) is 3. The van der Waals surface area contributed by atoms with Gasteiger partial charge in [0.25, 0.3) is 5.91 Å². The summed E-state index contributed by atoms with van der Waals surface area (Å²) in [4.78, 5) is 18.3. The molecule has 1 amide bonds. The number of aryl methyl sites for hydroxylation is 1. The Morgan fingerprint density at radius 1 is 1.00 bits per heavy atom. The van der Waals surface area contributed by atoms with Crippen LogP contribution in [0, 0.1) is 13.8 Å². The van der Waals surface area contributed by atoms with Gasteiger partial charge in [0.2, 0.25) is 0 Å². The lowest BCUT2D eigenvalue weighted by Crippen LogP contribution is -2.47. The van der Waals surface area contributed by atoms with Gasteiger partial charge in [0.05, 0.1) is 18.7 Å². The highest BCUT2D eigenvalue weighted by molar-refractivity contribution is 5.96. The number of aromatic nitrogens is 1. The summed E-state index contributed by atoms with van der Waals surface area (Å²) in [6, 6.07) is 20.1. The molecule has 1 aliphatic heterocycles. The Morgan fingerprint density at radius 2 is 1.73 bits per heavy atom. The van der Waals surface area contributed by atoms with Crippen molar-refractivity contribution in [2.24, 2.45) is 0 Å². The van der Waals surface area contributed by atoms with E-state index in [2.05, 4.69) is 38.9 Å². The van der Waals surface area contributed by atoms with Gasteiger partial charge in [-0.25, -0.2) is 0 Å². The van der Waals surface area contributed by atoms with Crippen LogP contribution in [0.5, 0.6) is 5.75 Å². The van der Waals surface area contributed by atoms with Crippen LogP contribution in [0.4, 0.5) is 0 Å². The monoisotopic (exact) mass is 446 g/mol. The molecule has 33 heavy (non-hydrogen) atoms. The second-order valence-corrected chi connectivity index (χ2v) is 8.86. The molecule has 0 bridgehead atoms. The smallest absolute Gasteiger partial charge is 0.253 e. The van der Waals surface area contributed by atoms with Crippen LogP contribution in [0.3, 0.4) is 0 Å². The number of carbonyl (C=O) groups excluding carboxylic acids is 1. The normalized spacial score (nSPS) is 15.9. The average Bonchev–Trinajstić information content (AvgIpc) is 3.14. The van der Waals surface area contributed by atoms with Crippen molar-refractivity contribution in [3.05, 3.63) is 83.2 Å². The number of hydrogen-bond acceptors (Lipinski definition) is 4. The Bertz CT molecular complexity index is 1080. The number of amides is 1. The first-order chi connectivity index (χ1) is 16.0. The van der Waals surface area contributed by atoms with Crippen LogP contribution in [-0.2, 0) is 0 Å². The molecule has 4 rings (SSSR count). The highest BCUT2D eigenvalue weighted by atomic mass is 16.5. The zero-order chi connectivity index (χ0) is 23.4. The molecule has 3 aromatic rings. The molecule has 0 spiro atoms. The van der Waals surface area contributed by atoms with E-state index in [9.17, 15) is 4.79 Å². The maximum Gasteiger partial charge on any atom is 0.253 e. The topological polar surface area (TPSA) is 49.7 Å². The standard InChI is InChI=1S/C27H34N4O2/c1-20-17-25(21(2)31(20)23-11-8-12-24(18-23)33-4)27(32)28-26(22-9-6-5-7-10-22)19-30-15-13-29(3)14-16-30/h5-12,17-18,26H,13-16,19H2,1-4H3,(H,28,32). The number of ether oxygens (including phenoxy) is 1. The van der Waals surface area contributed by atoms with Crippen LogP contribution < -0.4 is 10.1 Å². The Labute approximate surface area is 196 Å². The van der Waals surface area contributed by atoms with Crippen LogP contribution >= 0.6 is 0 Å². The largest absolute Gasteiger partial charge is 0.497 e. The minimum atomic E-state index is -0.0676. The second-order valence-electron chi connectivity index (χ2n) is 8.86. The van der Waals surface area contributed by atoms with E-state index in [0.717, 1.165) is 61.1 Å². The third kappa shape index (κ3) is 5.29. The first-order valence-electron chi connectivity index (χ1n) is 11.6. The summed E-state index contributed by atoms with van der Waals surface area (Å²) in [5.41, 5.74) is 4.76. The summed E-state index contributed by atoms with van der Waals surface area (Å²) in [6.45, 7) is 8.97. The van der Waals surface area contributed by atoms with Crippen LogP contribution in [-0.4, -0.2) is 67.2 Å². The van der Waals surface area contributed by atoms with Crippen molar-refractivity contribution in [2.45, 2.75) is 19.9 Å². The number of nitrogens with one attached hydrogen (secondary N) is 1. The molecule has 2 heterocycles. The molecule has 1 N–H and O–H groups in total. The molecule has 1 atom stereocenters. The average molecular weight is 447 g/mol. The molecule has 1 aromatic heterocycles. The predicted molar refractivity (Wildman–Crippen MR) is 132 cm³/mol. The molecule has 1 fully saturated rings. The first kappa shape index (κ1) is 23.1. The third-order valence-electron chi connectivity index (χ3n) is 6.53. The summed E-state index contributed by atoms with van der Waals surface area (Å²) in [5, 5.41) is 3.33. The van der Waals surface area contributed by atoms with E-state index in [0.29, 0.717) is 5.56 Å². The van der Waals surface area contributed by atoms with Crippen molar-refractivity contribution in [2.75, 3.05) is 46.9 Å². The molecule has 6 heteroatoms. The van der Waals surface area contributed by atoms with E-state index in [1.807, 2.05) is 62.4 Å². The fourth-order valence-corrected chi connectivity index (χ4v) is 4.58. The fraction of sp³-hybridized carbons (Fsp3) is 0.370. The summed E-state index contributed by atoms with van der Waals surface area (Å²) in [6.07, 6.45) is 0. The van der Waals surface area contributed by atoms with E-state index < -0.39 is 0 Å². The van der Waals surface area contributed by atoms with Gasteiger partial charge in [-0.15, -0.1) is 0 Å². The summed E-state index contributed by atoms with van der Waals surface area (Å²) in [5.74, 6) is 0.752. The van der Waals surface area contributed by atoms with Crippen molar-refractivity contribution in [3.63, 3.8) is 0 Å². The molecular weight excluding hydrogens is 412 g/mol. The quantitative estimate of drug-likeness (QED) is 0.600. The Kier molecular flexibility index (Phi) is 7.16. The van der Waals surface area contributed by atoms with Crippen molar-refractivity contribution in [1.82, 2.24) is 19.7 Å². The van der Waals surface area contributed by atoms with E-state index in [1.54, 1.807) is 7.11 Å². The molecule has 1 saturated heterocycles. The van der Waals surface area contributed by atoms with E-state index in [-0.39, 0.29) is 11.9 Å². The summed E-state index contributed by atoms with van der Waals surface area (Å²) in [7, 11) is 3.82. The maximum atomic E-state index is 13.5. The number of piperazine rings is 1. The number of benzene rings is 2. The van der Waals surface area contributed by atoms with Crippen molar-refractivity contribution in [3.8, 4) is 11.4 Å². The Morgan fingerprint density at radius 3 is 2.42 bits per heavy atom. The molecule has 2 aromatic carbocycles. The first-order valence-corrected chi connectivity index (χ1v) is 11.6. The molecule has 0 aliphatic carbocycles. The number of rotatable bonds is 7. The van der Waals surface area contributed by atoms with Gasteiger partial charge >= 0.3 is 0 Å². The predicted octanol–water partition coefficient (Wildman–Crippen LogP) is 3.82. The molecule has 0 saturated carbocycles. The van der Waals surface area contributed by atoms with Gasteiger partial charge in [-0.2, -0.15) is 0 Å². The number of likely N-dealkylation sites (N-methyl/N-ethyl adjacent to an activating group) is 1. The van der Waals surface area contributed by atoms with Crippen molar-refractivity contribution >= 4 is 5.91 Å². The lowest BCUT2D eigenvalue weighted by atomic mass is 10.0. The molecule has 1 aliphatic rings. The molecule has 174 valence electrons. The fourth-order valence-electron chi connectivity index (χ4n) is 4.58. The lowest BCUT2D eigenvalue weighted by Gasteiger charge is -2.35. The minimum Gasteiger partial charge on any atom is -0.497 e. The van der Waals surface area contributed by atoms with Gasteiger partial charge in [-0.05, 0) is 44.7 Å². The van der Waals surface area contributed by atoms with E-state index in [1.165, 1.54) is 0 Å². The second kappa shape index (κ2) is 10.2. The number of carbonyl (C=O) groups is 1. The van der Waals surface area contributed by atoms with Crippen LogP contribution in [0.15, 0.2) is 60.7 Å². The van der Waals surface area contributed by atoms with Gasteiger partial charge in [-0.3, -0.25) is 9.69 Å².